The third-order valence-electron chi connectivity index (χ3n) is 4.08. The molecule has 0 radical (unpaired) electrons. The number of hydrogen-bond acceptors (Lipinski definition) is 4. The molecule has 24 heavy (non-hydrogen) atoms. The third-order valence-corrected chi connectivity index (χ3v) is 4.08. The van der Waals surface area contributed by atoms with Gasteiger partial charge in [-0.25, -0.2) is 0 Å². The second kappa shape index (κ2) is 9.64. The lowest BCUT2D eigenvalue weighted by molar-refractivity contribution is -0.134. The van der Waals surface area contributed by atoms with Crippen LogP contribution in [0.5, 0.6) is 5.75 Å². The largest absolute Gasteiger partial charge is 0.493 e. The van der Waals surface area contributed by atoms with Gasteiger partial charge in [-0.15, -0.1) is 0 Å². The summed E-state index contributed by atoms with van der Waals surface area (Å²) in [5, 5.41) is 6.12. The summed E-state index contributed by atoms with van der Waals surface area (Å²) in [6, 6.07) is 6.10. The molecule has 1 saturated heterocycles. The fourth-order valence-electron chi connectivity index (χ4n) is 2.65. The maximum atomic E-state index is 12.2. The van der Waals surface area contributed by atoms with Crippen molar-refractivity contribution < 1.29 is 14.3 Å². The first-order valence-corrected chi connectivity index (χ1v) is 8.88. The molecule has 1 fully saturated rings. The fraction of sp³-hybridized carbons (Fsp3) is 0.632. The zero-order chi connectivity index (χ0) is 17.4. The first kappa shape index (κ1) is 18.7. The zero-order valence-electron chi connectivity index (χ0n) is 15.1. The van der Waals surface area contributed by atoms with Crippen LogP contribution < -0.4 is 15.4 Å². The molecule has 1 unspecified atom stereocenters. The Kier molecular flexibility index (Phi) is 7.53. The quantitative estimate of drug-likeness (QED) is 0.717. The molecule has 5 nitrogen and oxygen atoms in total. The highest BCUT2D eigenvalue weighted by atomic mass is 16.5. The summed E-state index contributed by atoms with van der Waals surface area (Å²) in [5.74, 6) is 1.48. The van der Waals surface area contributed by atoms with E-state index in [1.54, 1.807) is 0 Å². The van der Waals surface area contributed by atoms with Gasteiger partial charge in [0, 0.05) is 25.2 Å². The molecule has 1 heterocycles. The van der Waals surface area contributed by atoms with Gasteiger partial charge in [0.1, 0.15) is 11.9 Å². The van der Waals surface area contributed by atoms with Gasteiger partial charge in [0.2, 0.25) is 0 Å². The van der Waals surface area contributed by atoms with Crippen LogP contribution in [-0.2, 0) is 16.1 Å². The molecule has 1 aromatic carbocycles. The number of rotatable bonds is 8. The summed E-state index contributed by atoms with van der Waals surface area (Å²) >= 11 is 0. The Morgan fingerprint density at radius 3 is 3.00 bits per heavy atom. The Morgan fingerprint density at radius 2 is 2.29 bits per heavy atom. The van der Waals surface area contributed by atoms with Gasteiger partial charge in [-0.2, -0.15) is 0 Å². The number of ether oxygens (including phenoxy) is 2. The van der Waals surface area contributed by atoms with Gasteiger partial charge in [-0.1, -0.05) is 26.0 Å². The molecular weight excluding hydrogens is 304 g/mol. The van der Waals surface area contributed by atoms with Crippen molar-refractivity contribution in [2.24, 2.45) is 5.92 Å². The van der Waals surface area contributed by atoms with E-state index in [1.807, 2.05) is 25.1 Å². The fourth-order valence-corrected chi connectivity index (χ4v) is 2.65. The van der Waals surface area contributed by atoms with Gasteiger partial charge in [0.25, 0.3) is 5.91 Å². The number of nitrogens with one attached hydrogen (secondary N) is 2. The normalized spacial score (nSPS) is 17.8. The van der Waals surface area contributed by atoms with Crippen molar-refractivity contribution in [1.29, 1.82) is 0 Å². The average Bonchev–Trinajstić information content (AvgIpc) is 2.58. The second-order valence-corrected chi connectivity index (χ2v) is 6.78. The van der Waals surface area contributed by atoms with Crippen molar-refractivity contribution in [2.75, 3.05) is 26.3 Å². The molecule has 0 aliphatic carbocycles. The van der Waals surface area contributed by atoms with E-state index in [-0.39, 0.29) is 5.91 Å². The lowest BCUT2D eigenvalue weighted by atomic mass is 10.1. The molecule has 2 rings (SSSR count). The van der Waals surface area contributed by atoms with Crippen LogP contribution in [0.2, 0.25) is 0 Å². The number of carbonyl (C=O) groups excluding carboxylic acids is 1. The maximum absolute atomic E-state index is 12.2. The number of morpholine rings is 1. The lowest BCUT2D eigenvalue weighted by Crippen LogP contribution is -2.47. The molecule has 0 bridgehead atoms. The van der Waals surface area contributed by atoms with E-state index in [0.29, 0.717) is 32.2 Å². The highest BCUT2D eigenvalue weighted by Crippen LogP contribution is 2.21. The molecule has 0 spiro atoms. The minimum absolute atomic E-state index is 0.0754. The monoisotopic (exact) mass is 334 g/mol. The Labute approximate surface area is 145 Å². The zero-order valence-corrected chi connectivity index (χ0v) is 15.1. The topological polar surface area (TPSA) is 59.6 Å². The molecule has 5 heteroatoms. The van der Waals surface area contributed by atoms with Crippen LogP contribution in [0.25, 0.3) is 0 Å². The summed E-state index contributed by atoms with van der Waals surface area (Å²) in [6.07, 6.45) is 1.79. The van der Waals surface area contributed by atoms with Gasteiger partial charge in [-0.05, 0) is 37.3 Å². The van der Waals surface area contributed by atoms with Crippen LogP contribution in [0.3, 0.4) is 0 Å². The van der Waals surface area contributed by atoms with Gasteiger partial charge >= 0.3 is 0 Å². The van der Waals surface area contributed by atoms with Crippen LogP contribution in [0.1, 0.15) is 37.8 Å². The Balaban J connectivity index is 1.87. The lowest BCUT2D eigenvalue weighted by Gasteiger charge is -2.23. The standard InChI is InChI=1S/C19H30N2O3/c1-14(2)5-4-9-23-17-11-15(3)6-7-16(17)12-21-19(22)18-13-20-8-10-24-18/h6-7,11,14,18,20H,4-5,8-10,12-13H2,1-3H3,(H,21,22). The molecule has 1 aromatic rings. The number of carbonyl (C=O) groups is 1. The van der Waals surface area contributed by atoms with Crippen molar-refractivity contribution in [1.82, 2.24) is 10.6 Å². The van der Waals surface area contributed by atoms with Crippen LogP contribution in [0.15, 0.2) is 18.2 Å². The number of amides is 1. The first-order chi connectivity index (χ1) is 11.6. The molecule has 1 aliphatic heterocycles. The second-order valence-electron chi connectivity index (χ2n) is 6.78. The molecular formula is C19H30N2O3. The Morgan fingerprint density at radius 1 is 1.46 bits per heavy atom. The molecule has 1 aliphatic rings. The van der Waals surface area contributed by atoms with Crippen LogP contribution >= 0.6 is 0 Å². The molecule has 1 atom stereocenters. The minimum atomic E-state index is -0.403. The van der Waals surface area contributed by atoms with Crippen LogP contribution in [0.4, 0.5) is 0 Å². The van der Waals surface area contributed by atoms with E-state index in [1.165, 1.54) is 0 Å². The summed E-state index contributed by atoms with van der Waals surface area (Å²) in [5.41, 5.74) is 2.16. The summed E-state index contributed by atoms with van der Waals surface area (Å²) in [4.78, 5) is 12.2. The predicted octanol–water partition coefficient (Wildman–Crippen LogP) is 2.41. The molecule has 2 N–H and O–H groups in total. The van der Waals surface area contributed by atoms with Gasteiger partial charge < -0.3 is 20.1 Å². The highest BCUT2D eigenvalue weighted by Gasteiger charge is 2.21. The Hall–Kier alpha value is -1.59. The summed E-state index contributed by atoms with van der Waals surface area (Å²) in [7, 11) is 0. The predicted molar refractivity (Wildman–Crippen MR) is 95.2 cm³/mol. The van der Waals surface area contributed by atoms with E-state index in [4.69, 9.17) is 9.47 Å². The van der Waals surface area contributed by atoms with Crippen molar-refractivity contribution >= 4 is 5.91 Å². The number of hydrogen-bond donors (Lipinski definition) is 2. The number of benzene rings is 1. The Bertz CT molecular complexity index is 525. The summed E-state index contributed by atoms with van der Waals surface area (Å²) < 4.78 is 11.4. The van der Waals surface area contributed by atoms with Gasteiger partial charge in [-0.3, -0.25) is 4.79 Å². The van der Waals surface area contributed by atoms with Crippen molar-refractivity contribution in [3.8, 4) is 5.75 Å². The van der Waals surface area contributed by atoms with E-state index < -0.39 is 6.10 Å². The van der Waals surface area contributed by atoms with Crippen molar-refractivity contribution in [3.05, 3.63) is 29.3 Å². The third kappa shape index (κ3) is 6.13. The number of aryl methyl sites for hydroxylation is 1. The van der Waals surface area contributed by atoms with E-state index in [0.717, 1.165) is 36.3 Å². The maximum Gasteiger partial charge on any atom is 0.250 e. The van der Waals surface area contributed by atoms with E-state index >= 15 is 0 Å². The average molecular weight is 334 g/mol. The highest BCUT2D eigenvalue weighted by molar-refractivity contribution is 5.81. The molecule has 1 amide bonds. The van der Waals surface area contributed by atoms with Crippen LogP contribution in [-0.4, -0.2) is 38.3 Å². The summed E-state index contributed by atoms with van der Waals surface area (Å²) in [6.45, 7) is 9.59. The first-order valence-electron chi connectivity index (χ1n) is 8.88. The molecule has 0 aromatic heterocycles. The van der Waals surface area contributed by atoms with Gasteiger partial charge in [0.15, 0.2) is 0 Å². The van der Waals surface area contributed by atoms with Gasteiger partial charge in [0.05, 0.1) is 13.2 Å². The van der Waals surface area contributed by atoms with Crippen molar-refractivity contribution in [3.63, 3.8) is 0 Å². The van der Waals surface area contributed by atoms with Crippen molar-refractivity contribution in [2.45, 2.75) is 46.3 Å². The van der Waals surface area contributed by atoms with E-state index in [9.17, 15) is 4.79 Å². The SMILES string of the molecule is Cc1ccc(CNC(=O)C2CNCCO2)c(OCCCC(C)C)c1. The van der Waals surface area contributed by atoms with E-state index in [2.05, 4.69) is 24.5 Å². The molecule has 134 valence electrons. The smallest absolute Gasteiger partial charge is 0.250 e. The molecule has 0 saturated carbocycles. The van der Waals surface area contributed by atoms with Crippen LogP contribution in [0, 0.1) is 12.8 Å². The minimum Gasteiger partial charge on any atom is -0.493 e.